The van der Waals surface area contributed by atoms with Gasteiger partial charge in [0, 0.05) is 42.5 Å². The molecule has 0 fully saturated rings. The minimum Gasteiger partial charge on any atom is -0.490 e. The van der Waals surface area contributed by atoms with Crippen molar-refractivity contribution in [2.24, 2.45) is 4.99 Å². The quantitative estimate of drug-likeness (QED) is 0.377. The fourth-order valence-corrected chi connectivity index (χ4v) is 5.35. The maximum absolute atomic E-state index is 13.3. The molecule has 2 amide bonds. The molecule has 0 radical (unpaired) electrons. The molecule has 0 bridgehead atoms. The van der Waals surface area contributed by atoms with Gasteiger partial charge in [-0.1, -0.05) is 23.7 Å². The Morgan fingerprint density at radius 1 is 1.10 bits per heavy atom. The van der Waals surface area contributed by atoms with E-state index in [0.717, 1.165) is 47.8 Å². The molecule has 3 aromatic carbocycles. The van der Waals surface area contributed by atoms with E-state index >= 15 is 0 Å². The van der Waals surface area contributed by atoms with E-state index in [4.69, 9.17) is 21.3 Å². The van der Waals surface area contributed by atoms with Gasteiger partial charge in [0.25, 0.3) is 0 Å². The molecule has 1 atom stereocenters. The van der Waals surface area contributed by atoms with Crippen molar-refractivity contribution in [2.75, 3.05) is 62.5 Å². The third-order valence-corrected chi connectivity index (χ3v) is 7.48. The van der Waals surface area contributed by atoms with E-state index in [-0.39, 0.29) is 11.8 Å². The number of fused-ring (bicyclic) bond motifs is 2. The number of hydrogen-bond donors (Lipinski definition) is 1. The van der Waals surface area contributed by atoms with Crippen LogP contribution in [-0.2, 0) is 9.59 Å². The van der Waals surface area contributed by atoms with E-state index < -0.39 is 5.92 Å². The first-order chi connectivity index (χ1) is 19.2. The standard InChI is InChI=1S/C31H34ClN5O3/c1-20(38)37(15-5-14-35(2)3)24-10-8-23(9-11-24)33-30(21-6-13-27-28(18-21)40-17-16-36(27)4)29-25-12-7-22(32)19-26(25)34-31(29)39/h6-13,18-19,29H,5,14-17H2,1-4H3,(H,34,39). The summed E-state index contributed by atoms with van der Waals surface area (Å²) in [4.78, 5) is 36.8. The minimum atomic E-state index is -0.619. The van der Waals surface area contributed by atoms with Crippen molar-refractivity contribution in [3.05, 3.63) is 76.8 Å². The van der Waals surface area contributed by atoms with Crippen LogP contribution in [0.2, 0.25) is 5.02 Å². The Hall–Kier alpha value is -3.88. The van der Waals surface area contributed by atoms with E-state index in [9.17, 15) is 9.59 Å². The number of rotatable bonds is 8. The molecule has 8 nitrogen and oxygen atoms in total. The van der Waals surface area contributed by atoms with Crippen molar-refractivity contribution in [2.45, 2.75) is 19.3 Å². The number of likely N-dealkylation sites (N-methyl/N-ethyl adjacent to an activating group) is 1. The van der Waals surface area contributed by atoms with E-state index in [2.05, 4.69) is 15.1 Å². The highest BCUT2D eigenvalue weighted by molar-refractivity contribution is 6.31. The van der Waals surface area contributed by atoms with Crippen molar-refractivity contribution in [1.29, 1.82) is 0 Å². The van der Waals surface area contributed by atoms with Gasteiger partial charge in [-0.2, -0.15) is 0 Å². The molecule has 1 unspecified atom stereocenters. The average molecular weight is 560 g/mol. The number of nitrogens with zero attached hydrogens (tertiary/aromatic N) is 4. The second-order valence-corrected chi connectivity index (χ2v) is 10.9. The summed E-state index contributed by atoms with van der Waals surface area (Å²) in [6.07, 6.45) is 0.867. The summed E-state index contributed by atoms with van der Waals surface area (Å²) in [7, 11) is 6.08. The third-order valence-electron chi connectivity index (χ3n) is 7.25. The lowest BCUT2D eigenvalue weighted by molar-refractivity contribution is -0.117. The molecule has 3 aromatic rings. The van der Waals surface area contributed by atoms with Gasteiger partial charge in [0.15, 0.2) is 0 Å². The summed E-state index contributed by atoms with van der Waals surface area (Å²) in [5.74, 6) is -0.0235. The molecule has 0 saturated heterocycles. The summed E-state index contributed by atoms with van der Waals surface area (Å²) in [5, 5.41) is 3.52. The van der Waals surface area contributed by atoms with E-state index in [1.807, 2.05) is 69.7 Å². The Balaban J connectivity index is 1.53. The van der Waals surface area contributed by atoms with Gasteiger partial charge in [0.2, 0.25) is 11.8 Å². The van der Waals surface area contributed by atoms with Gasteiger partial charge >= 0.3 is 0 Å². The number of amides is 2. The number of hydrogen-bond acceptors (Lipinski definition) is 6. The van der Waals surface area contributed by atoms with Crippen LogP contribution in [0.4, 0.5) is 22.7 Å². The summed E-state index contributed by atoms with van der Waals surface area (Å²) >= 11 is 6.21. The number of halogens is 1. The van der Waals surface area contributed by atoms with Crippen molar-refractivity contribution >= 4 is 51.9 Å². The molecule has 2 aliphatic heterocycles. The van der Waals surface area contributed by atoms with Crippen LogP contribution in [0.15, 0.2) is 65.7 Å². The smallest absolute Gasteiger partial charge is 0.238 e. The Morgan fingerprint density at radius 2 is 1.88 bits per heavy atom. The van der Waals surface area contributed by atoms with E-state index in [0.29, 0.717) is 35.3 Å². The first-order valence-electron chi connectivity index (χ1n) is 13.4. The predicted molar refractivity (Wildman–Crippen MR) is 162 cm³/mol. The molecule has 1 N–H and O–H groups in total. The summed E-state index contributed by atoms with van der Waals surface area (Å²) < 4.78 is 5.97. The van der Waals surface area contributed by atoms with Gasteiger partial charge in [-0.25, -0.2) is 0 Å². The highest BCUT2D eigenvalue weighted by Crippen LogP contribution is 2.40. The molecule has 0 saturated carbocycles. The van der Waals surface area contributed by atoms with Gasteiger partial charge in [-0.15, -0.1) is 0 Å². The largest absolute Gasteiger partial charge is 0.490 e. The molecule has 5 rings (SSSR count). The Labute approximate surface area is 240 Å². The normalized spacial score (nSPS) is 16.4. The van der Waals surface area contributed by atoms with Gasteiger partial charge < -0.3 is 24.8 Å². The van der Waals surface area contributed by atoms with Gasteiger partial charge in [0.1, 0.15) is 18.3 Å². The molecular weight excluding hydrogens is 526 g/mol. The SMILES string of the molecule is CC(=O)N(CCCN(C)C)c1ccc(N=C(c2ccc3c(c2)OCCN3C)C2C(=O)Nc3cc(Cl)ccc32)cc1. The molecule has 208 valence electrons. The van der Waals surface area contributed by atoms with Crippen molar-refractivity contribution in [1.82, 2.24) is 4.90 Å². The Morgan fingerprint density at radius 3 is 2.60 bits per heavy atom. The number of ether oxygens (including phenoxy) is 1. The fraction of sp³-hybridized carbons (Fsp3) is 0.323. The average Bonchev–Trinajstić information content (AvgIpc) is 3.24. The van der Waals surface area contributed by atoms with Crippen LogP contribution in [-0.4, -0.2) is 69.8 Å². The monoisotopic (exact) mass is 559 g/mol. The van der Waals surface area contributed by atoms with E-state index in [1.54, 1.807) is 24.0 Å². The lowest BCUT2D eigenvalue weighted by Crippen LogP contribution is -2.31. The lowest BCUT2D eigenvalue weighted by Gasteiger charge is -2.28. The molecule has 9 heteroatoms. The number of aliphatic imine (C=N–C) groups is 1. The predicted octanol–water partition coefficient (Wildman–Crippen LogP) is 5.33. The number of anilines is 3. The molecular formula is C31H34ClN5O3. The Bertz CT molecular complexity index is 1450. The second kappa shape index (κ2) is 11.7. The zero-order valence-electron chi connectivity index (χ0n) is 23.3. The Kier molecular flexibility index (Phi) is 8.09. The van der Waals surface area contributed by atoms with Crippen LogP contribution < -0.4 is 19.9 Å². The first-order valence-corrected chi connectivity index (χ1v) is 13.8. The maximum atomic E-state index is 13.3. The van der Waals surface area contributed by atoms with Crippen LogP contribution in [0.3, 0.4) is 0 Å². The molecule has 40 heavy (non-hydrogen) atoms. The highest BCUT2D eigenvalue weighted by Gasteiger charge is 2.36. The maximum Gasteiger partial charge on any atom is 0.238 e. The second-order valence-electron chi connectivity index (χ2n) is 10.4. The fourth-order valence-electron chi connectivity index (χ4n) is 5.18. The van der Waals surface area contributed by atoms with Gasteiger partial charge in [-0.05, 0) is 81.2 Å². The molecule has 0 aliphatic carbocycles. The number of carbonyl (C=O) groups excluding carboxylic acids is 2. The molecule has 2 heterocycles. The molecule has 0 aromatic heterocycles. The van der Waals surface area contributed by atoms with E-state index in [1.165, 1.54) is 0 Å². The molecule has 0 spiro atoms. The zero-order chi connectivity index (χ0) is 28.4. The van der Waals surface area contributed by atoms with Crippen molar-refractivity contribution in [3.63, 3.8) is 0 Å². The number of benzene rings is 3. The van der Waals surface area contributed by atoms with Crippen molar-refractivity contribution in [3.8, 4) is 5.75 Å². The zero-order valence-corrected chi connectivity index (χ0v) is 24.0. The van der Waals surface area contributed by atoms with Crippen LogP contribution in [0, 0.1) is 0 Å². The molecule has 2 aliphatic rings. The first kappa shape index (κ1) is 27.7. The minimum absolute atomic E-state index is 0.00683. The van der Waals surface area contributed by atoms with Crippen molar-refractivity contribution < 1.29 is 14.3 Å². The third kappa shape index (κ3) is 5.83. The summed E-state index contributed by atoms with van der Waals surface area (Å²) in [6.45, 7) is 4.51. The summed E-state index contributed by atoms with van der Waals surface area (Å²) in [6, 6.07) is 19.0. The lowest BCUT2D eigenvalue weighted by atomic mass is 9.90. The number of nitrogens with one attached hydrogen (secondary N) is 1. The van der Waals surface area contributed by atoms with Crippen LogP contribution in [0.25, 0.3) is 0 Å². The van der Waals surface area contributed by atoms with Crippen LogP contribution in [0.5, 0.6) is 5.75 Å². The summed E-state index contributed by atoms with van der Waals surface area (Å²) in [5.41, 5.74) is 5.42. The van der Waals surface area contributed by atoms with Gasteiger partial charge in [-0.3, -0.25) is 14.6 Å². The van der Waals surface area contributed by atoms with Crippen LogP contribution in [0.1, 0.15) is 30.4 Å². The highest BCUT2D eigenvalue weighted by atomic mass is 35.5. The topological polar surface area (TPSA) is 77.5 Å². The number of carbonyl (C=O) groups is 2. The van der Waals surface area contributed by atoms with Gasteiger partial charge in [0.05, 0.1) is 23.6 Å². The van der Waals surface area contributed by atoms with Crippen LogP contribution >= 0.6 is 11.6 Å².